The van der Waals surface area contributed by atoms with Crippen LogP contribution in [0.1, 0.15) is 16.2 Å². The van der Waals surface area contributed by atoms with Crippen molar-refractivity contribution in [3.63, 3.8) is 0 Å². The van der Waals surface area contributed by atoms with Crippen LogP contribution in [0, 0.1) is 6.92 Å². The van der Waals surface area contributed by atoms with Crippen LogP contribution in [0.2, 0.25) is 0 Å². The van der Waals surface area contributed by atoms with Crippen LogP contribution >= 0.6 is 0 Å². The molecule has 0 atom stereocenters. The van der Waals surface area contributed by atoms with Gasteiger partial charge < -0.3 is 15.7 Å². The number of nitrogens with two attached hydrogens (primary N) is 1. The van der Waals surface area contributed by atoms with Gasteiger partial charge in [0.15, 0.2) is 0 Å². The summed E-state index contributed by atoms with van der Waals surface area (Å²) in [5.74, 6) is -0.343. The molecule has 0 saturated heterocycles. The first-order chi connectivity index (χ1) is 9.63. The number of rotatable bonds is 4. The zero-order valence-electron chi connectivity index (χ0n) is 11.2. The second-order valence-corrected chi connectivity index (χ2v) is 4.28. The number of hydrogen-bond donors (Lipinski definition) is 2. The number of para-hydroxylation sites is 2. The summed E-state index contributed by atoms with van der Waals surface area (Å²) >= 11 is 0. The maximum atomic E-state index is 12.5. The van der Waals surface area contributed by atoms with Crippen LogP contribution in [0.25, 0.3) is 0 Å². The molecule has 6 heteroatoms. The standard InChI is InChI=1S/C14H16N4O2/c1-10-8-17-12(9-16-10)14(20)18(6-7-19)13-5-3-2-4-11(13)15/h2-5,8-9,19H,6-7,15H2,1H3. The number of hydrogen-bond acceptors (Lipinski definition) is 5. The summed E-state index contributed by atoms with van der Waals surface area (Å²) in [5.41, 5.74) is 7.84. The first-order valence-electron chi connectivity index (χ1n) is 6.19. The molecule has 0 radical (unpaired) electrons. The van der Waals surface area contributed by atoms with Gasteiger partial charge in [0, 0.05) is 12.7 Å². The van der Waals surface area contributed by atoms with Gasteiger partial charge in [-0.15, -0.1) is 0 Å². The summed E-state index contributed by atoms with van der Waals surface area (Å²) in [6.45, 7) is 1.77. The van der Waals surface area contributed by atoms with Crippen molar-refractivity contribution in [2.45, 2.75) is 6.92 Å². The second kappa shape index (κ2) is 6.12. The Kier molecular flexibility index (Phi) is 4.27. The predicted octanol–water partition coefficient (Wildman–Crippen LogP) is 1.01. The summed E-state index contributed by atoms with van der Waals surface area (Å²) in [7, 11) is 0. The number of aliphatic hydroxyl groups is 1. The lowest BCUT2D eigenvalue weighted by Crippen LogP contribution is -2.34. The number of aryl methyl sites for hydroxylation is 1. The van der Waals surface area contributed by atoms with Crippen molar-refractivity contribution >= 4 is 17.3 Å². The van der Waals surface area contributed by atoms with Gasteiger partial charge >= 0.3 is 0 Å². The summed E-state index contributed by atoms with van der Waals surface area (Å²) in [6.07, 6.45) is 2.94. The SMILES string of the molecule is Cc1cnc(C(=O)N(CCO)c2ccccc2N)cn1. The van der Waals surface area contributed by atoms with Gasteiger partial charge in [0.05, 0.1) is 29.9 Å². The molecule has 104 valence electrons. The Morgan fingerprint density at radius 2 is 2.05 bits per heavy atom. The molecule has 20 heavy (non-hydrogen) atoms. The van der Waals surface area contributed by atoms with Gasteiger partial charge in [-0.25, -0.2) is 4.98 Å². The van der Waals surface area contributed by atoms with E-state index < -0.39 is 0 Å². The Balaban J connectivity index is 2.36. The minimum Gasteiger partial charge on any atom is -0.397 e. The van der Waals surface area contributed by atoms with Crippen molar-refractivity contribution in [2.24, 2.45) is 0 Å². The highest BCUT2D eigenvalue weighted by molar-refractivity contribution is 6.06. The van der Waals surface area contributed by atoms with E-state index >= 15 is 0 Å². The Labute approximate surface area is 116 Å². The number of amides is 1. The van der Waals surface area contributed by atoms with Gasteiger partial charge in [-0.2, -0.15) is 0 Å². The zero-order valence-corrected chi connectivity index (χ0v) is 11.2. The highest BCUT2D eigenvalue weighted by Gasteiger charge is 2.20. The molecule has 2 rings (SSSR count). The van der Waals surface area contributed by atoms with Crippen molar-refractivity contribution in [1.29, 1.82) is 0 Å². The molecule has 0 saturated carbocycles. The smallest absolute Gasteiger partial charge is 0.278 e. The zero-order chi connectivity index (χ0) is 14.5. The minimum atomic E-state index is -0.343. The van der Waals surface area contributed by atoms with E-state index in [4.69, 9.17) is 10.8 Å². The third-order valence-electron chi connectivity index (χ3n) is 2.80. The lowest BCUT2D eigenvalue weighted by molar-refractivity contribution is 0.0976. The normalized spacial score (nSPS) is 10.3. The number of nitrogen functional groups attached to an aromatic ring is 1. The number of carbonyl (C=O) groups excluding carboxylic acids is 1. The summed E-state index contributed by atoms with van der Waals surface area (Å²) < 4.78 is 0. The van der Waals surface area contributed by atoms with Crippen molar-refractivity contribution < 1.29 is 9.90 Å². The highest BCUT2D eigenvalue weighted by atomic mass is 16.3. The first-order valence-corrected chi connectivity index (χ1v) is 6.19. The van der Waals surface area contributed by atoms with E-state index in [0.29, 0.717) is 11.4 Å². The van der Waals surface area contributed by atoms with E-state index in [2.05, 4.69) is 9.97 Å². The average Bonchev–Trinajstić information content (AvgIpc) is 2.46. The summed E-state index contributed by atoms with van der Waals surface area (Å²) in [4.78, 5) is 22.0. The quantitative estimate of drug-likeness (QED) is 0.810. The van der Waals surface area contributed by atoms with E-state index in [-0.39, 0.29) is 24.8 Å². The molecule has 1 amide bonds. The number of anilines is 2. The molecule has 0 aliphatic carbocycles. The Morgan fingerprint density at radius 1 is 1.30 bits per heavy atom. The van der Waals surface area contributed by atoms with Crippen LogP contribution in [-0.2, 0) is 0 Å². The van der Waals surface area contributed by atoms with E-state index in [1.165, 1.54) is 17.3 Å². The molecule has 0 bridgehead atoms. The van der Waals surface area contributed by atoms with Crippen LogP contribution in [0.4, 0.5) is 11.4 Å². The maximum absolute atomic E-state index is 12.5. The minimum absolute atomic E-state index is 0.141. The molecule has 6 nitrogen and oxygen atoms in total. The molecule has 0 fully saturated rings. The molecule has 1 heterocycles. The van der Waals surface area contributed by atoms with E-state index in [9.17, 15) is 4.79 Å². The van der Waals surface area contributed by atoms with Crippen LogP contribution < -0.4 is 10.6 Å². The molecular weight excluding hydrogens is 256 g/mol. The topological polar surface area (TPSA) is 92.3 Å². The van der Waals surface area contributed by atoms with E-state index in [1.807, 2.05) is 0 Å². The number of carbonyl (C=O) groups is 1. The monoisotopic (exact) mass is 272 g/mol. The van der Waals surface area contributed by atoms with Gasteiger partial charge in [0.2, 0.25) is 0 Å². The van der Waals surface area contributed by atoms with Gasteiger partial charge in [-0.3, -0.25) is 9.78 Å². The average molecular weight is 272 g/mol. The van der Waals surface area contributed by atoms with E-state index in [1.54, 1.807) is 31.2 Å². The van der Waals surface area contributed by atoms with Gasteiger partial charge in [0.25, 0.3) is 5.91 Å². The molecule has 1 aromatic heterocycles. The molecule has 1 aromatic carbocycles. The fourth-order valence-electron chi connectivity index (χ4n) is 1.81. The van der Waals surface area contributed by atoms with Gasteiger partial charge in [-0.05, 0) is 19.1 Å². The first kappa shape index (κ1) is 14.0. The maximum Gasteiger partial charge on any atom is 0.278 e. The second-order valence-electron chi connectivity index (χ2n) is 4.28. The van der Waals surface area contributed by atoms with Gasteiger partial charge in [-0.1, -0.05) is 12.1 Å². The molecule has 0 unspecified atom stereocenters. The van der Waals surface area contributed by atoms with Crippen molar-refractivity contribution in [3.8, 4) is 0 Å². The lowest BCUT2D eigenvalue weighted by Gasteiger charge is -2.22. The van der Waals surface area contributed by atoms with Crippen LogP contribution in [0.3, 0.4) is 0 Å². The summed E-state index contributed by atoms with van der Waals surface area (Å²) in [6, 6.07) is 6.99. The number of aromatic nitrogens is 2. The Bertz CT molecular complexity index is 598. The molecule has 0 spiro atoms. The van der Waals surface area contributed by atoms with Crippen molar-refractivity contribution in [1.82, 2.24) is 9.97 Å². The fraction of sp³-hybridized carbons (Fsp3) is 0.214. The number of benzene rings is 1. The summed E-state index contributed by atoms with van der Waals surface area (Å²) in [5, 5.41) is 9.16. The molecule has 2 aromatic rings. The Morgan fingerprint density at radius 3 is 2.65 bits per heavy atom. The highest BCUT2D eigenvalue weighted by Crippen LogP contribution is 2.23. The third-order valence-corrected chi connectivity index (χ3v) is 2.80. The third kappa shape index (κ3) is 2.92. The largest absolute Gasteiger partial charge is 0.397 e. The van der Waals surface area contributed by atoms with Crippen LogP contribution in [0.15, 0.2) is 36.7 Å². The molecule has 0 aliphatic heterocycles. The lowest BCUT2D eigenvalue weighted by atomic mass is 10.2. The molecule has 0 aliphatic rings. The molecular formula is C14H16N4O2. The van der Waals surface area contributed by atoms with Crippen molar-refractivity contribution in [3.05, 3.63) is 48.0 Å². The Hall–Kier alpha value is -2.47. The van der Waals surface area contributed by atoms with Gasteiger partial charge in [0.1, 0.15) is 5.69 Å². The van der Waals surface area contributed by atoms with Crippen molar-refractivity contribution in [2.75, 3.05) is 23.8 Å². The molecule has 3 N–H and O–H groups in total. The van der Waals surface area contributed by atoms with Crippen LogP contribution in [-0.4, -0.2) is 34.1 Å². The number of aliphatic hydroxyl groups excluding tert-OH is 1. The van der Waals surface area contributed by atoms with E-state index in [0.717, 1.165) is 5.69 Å². The number of nitrogens with zero attached hydrogens (tertiary/aromatic N) is 3. The predicted molar refractivity (Wildman–Crippen MR) is 76.4 cm³/mol. The van der Waals surface area contributed by atoms with Crippen LogP contribution in [0.5, 0.6) is 0 Å². The fourth-order valence-corrected chi connectivity index (χ4v) is 1.81.